The van der Waals surface area contributed by atoms with Crippen LogP contribution in [0.5, 0.6) is 0 Å². The number of rotatable bonds is 1. The van der Waals surface area contributed by atoms with Crippen LogP contribution in [-0.4, -0.2) is 54.5 Å². The van der Waals surface area contributed by atoms with Gasteiger partial charge in [-0.05, 0) is 32.7 Å². The molecule has 2 rings (SSSR count). The minimum Gasteiger partial charge on any atom is -0.337 e. The van der Waals surface area contributed by atoms with Gasteiger partial charge in [0.05, 0.1) is 5.92 Å². The molecule has 4 heteroatoms. The Hall–Kier alpha value is -0.610. The zero-order valence-corrected chi connectivity index (χ0v) is 11.9. The number of hydrogen-bond donors (Lipinski definition) is 1. The summed E-state index contributed by atoms with van der Waals surface area (Å²) in [5.74, 6) is 0.785. The highest BCUT2D eigenvalue weighted by atomic mass is 16.2. The first-order chi connectivity index (χ1) is 8.50. The van der Waals surface area contributed by atoms with Crippen LogP contribution in [0.4, 0.5) is 0 Å². The smallest absolute Gasteiger partial charge is 0.227 e. The molecular weight excluding hydrogens is 226 g/mol. The highest BCUT2D eigenvalue weighted by Gasteiger charge is 2.38. The molecule has 1 saturated carbocycles. The molecule has 1 aliphatic heterocycles. The van der Waals surface area contributed by atoms with Gasteiger partial charge in [0.1, 0.15) is 0 Å². The summed E-state index contributed by atoms with van der Waals surface area (Å²) in [5, 5.41) is 0. The lowest BCUT2D eigenvalue weighted by Gasteiger charge is -2.43. The minimum absolute atomic E-state index is 0.0459. The van der Waals surface area contributed by atoms with E-state index < -0.39 is 0 Å². The lowest BCUT2D eigenvalue weighted by Crippen LogP contribution is -2.57. The lowest BCUT2D eigenvalue weighted by molar-refractivity contribution is -0.143. The first kappa shape index (κ1) is 13.8. The van der Waals surface area contributed by atoms with Crippen LogP contribution in [-0.2, 0) is 4.79 Å². The zero-order chi connectivity index (χ0) is 13.3. The van der Waals surface area contributed by atoms with Gasteiger partial charge in [-0.2, -0.15) is 0 Å². The van der Waals surface area contributed by atoms with Crippen molar-refractivity contribution in [1.29, 1.82) is 0 Å². The summed E-state index contributed by atoms with van der Waals surface area (Å²) in [6.45, 7) is 7.13. The Labute approximate surface area is 110 Å². The van der Waals surface area contributed by atoms with Crippen LogP contribution < -0.4 is 5.73 Å². The fourth-order valence-electron chi connectivity index (χ4n) is 3.54. The van der Waals surface area contributed by atoms with Gasteiger partial charge in [0, 0.05) is 31.7 Å². The summed E-state index contributed by atoms with van der Waals surface area (Å²) in [5.41, 5.74) is 6.19. The summed E-state index contributed by atoms with van der Waals surface area (Å²) < 4.78 is 0. The van der Waals surface area contributed by atoms with Crippen molar-refractivity contribution in [2.45, 2.75) is 45.2 Å². The van der Waals surface area contributed by atoms with E-state index >= 15 is 0 Å². The lowest BCUT2D eigenvalue weighted by atomic mass is 9.76. The molecule has 1 aliphatic carbocycles. The molecule has 0 radical (unpaired) electrons. The zero-order valence-electron chi connectivity index (χ0n) is 11.9. The Kier molecular flexibility index (Phi) is 4.28. The van der Waals surface area contributed by atoms with E-state index in [1.807, 2.05) is 0 Å². The molecule has 0 aromatic carbocycles. The Balaban J connectivity index is 2.05. The minimum atomic E-state index is 0.0459. The SMILES string of the molecule is CC1CCCC(N)C1C(=O)N1CCN(C)CC1C. The van der Waals surface area contributed by atoms with Crippen LogP contribution in [0.15, 0.2) is 0 Å². The van der Waals surface area contributed by atoms with Crippen molar-refractivity contribution in [3.05, 3.63) is 0 Å². The van der Waals surface area contributed by atoms with Crippen molar-refractivity contribution in [3.8, 4) is 0 Å². The van der Waals surface area contributed by atoms with E-state index in [1.54, 1.807) is 0 Å². The molecule has 4 atom stereocenters. The predicted molar refractivity (Wildman–Crippen MR) is 73.2 cm³/mol. The number of amides is 1. The molecule has 1 amide bonds. The molecule has 1 heterocycles. The first-order valence-electron chi connectivity index (χ1n) is 7.25. The van der Waals surface area contributed by atoms with Crippen molar-refractivity contribution in [3.63, 3.8) is 0 Å². The van der Waals surface area contributed by atoms with Crippen molar-refractivity contribution < 1.29 is 4.79 Å². The molecule has 4 unspecified atom stereocenters. The second kappa shape index (κ2) is 5.57. The van der Waals surface area contributed by atoms with E-state index in [2.05, 4.69) is 30.7 Å². The van der Waals surface area contributed by atoms with Gasteiger partial charge >= 0.3 is 0 Å². The number of likely N-dealkylation sites (N-methyl/N-ethyl adjacent to an activating group) is 1. The second-order valence-corrected chi connectivity index (χ2v) is 6.24. The van der Waals surface area contributed by atoms with Crippen LogP contribution in [0.2, 0.25) is 0 Å². The molecule has 2 N–H and O–H groups in total. The summed E-state index contributed by atoms with van der Waals surface area (Å²) in [7, 11) is 2.12. The molecule has 4 nitrogen and oxygen atoms in total. The monoisotopic (exact) mass is 253 g/mol. The van der Waals surface area contributed by atoms with Gasteiger partial charge in [0.15, 0.2) is 0 Å². The maximum atomic E-state index is 12.7. The predicted octanol–water partition coefficient (Wildman–Crippen LogP) is 0.912. The molecule has 1 saturated heterocycles. The summed E-state index contributed by atoms with van der Waals surface area (Å²) in [6.07, 6.45) is 3.32. The Morgan fingerprint density at radius 3 is 2.56 bits per heavy atom. The third kappa shape index (κ3) is 2.69. The van der Waals surface area contributed by atoms with E-state index in [0.717, 1.165) is 32.5 Å². The van der Waals surface area contributed by atoms with Crippen LogP contribution in [0, 0.1) is 11.8 Å². The highest BCUT2D eigenvalue weighted by molar-refractivity contribution is 5.80. The Morgan fingerprint density at radius 1 is 1.22 bits per heavy atom. The maximum absolute atomic E-state index is 12.7. The number of carbonyl (C=O) groups excluding carboxylic acids is 1. The molecule has 0 aromatic heterocycles. The van der Waals surface area contributed by atoms with Gasteiger partial charge in [0.2, 0.25) is 5.91 Å². The van der Waals surface area contributed by atoms with Gasteiger partial charge in [-0.25, -0.2) is 0 Å². The van der Waals surface area contributed by atoms with Crippen molar-refractivity contribution >= 4 is 5.91 Å². The quantitative estimate of drug-likeness (QED) is 0.756. The molecule has 0 spiro atoms. The van der Waals surface area contributed by atoms with Crippen LogP contribution >= 0.6 is 0 Å². The van der Waals surface area contributed by atoms with Crippen molar-refractivity contribution in [2.24, 2.45) is 17.6 Å². The van der Waals surface area contributed by atoms with Gasteiger partial charge < -0.3 is 15.5 Å². The van der Waals surface area contributed by atoms with Crippen molar-refractivity contribution in [2.75, 3.05) is 26.7 Å². The van der Waals surface area contributed by atoms with E-state index in [-0.39, 0.29) is 12.0 Å². The van der Waals surface area contributed by atoms with Gasteiger partial charge in [-0.1, -0.05) is 13.3 Å². The number of nitrogens with zero attached hydrogens (tertiary/aromatic N) is 2. The third-order valence-corrected chi connectivity index (χ3v) is 4.67. The van der Waals surface area contributed by atoms with Gasteiger partial charge in [-0.3, -0.25) is 4.79 Å². The number of nitrogens with two attached hydrogens (primary N) is 1. The van der Waals surface area contributed by atoms with Crippen LogP contribution in [0.1, 0.15) is 33.1 Å². The molecule has 18 heavy (non-hydrogen) atoms. The summed E-state index contributed by atoms with van der Waals surface area (Å²) >= 11 is 0. The van der Waals surface area contributed by atoms with E-state index in [4.69, 9.17) is 5.73 Å². The van der Waals surface area contributed by atoms with Crippen molar-refractivity contribution in [1.82, 2.24) is 9.80 Å². The number of hydrogen-bond acceptors (Lipinski definition) is 3. The standard InChI is InChI=1S/C14H27N3O/c1-10-5-4-6-12(15)13(10)14(18)17-8-7-16(3)9-11(17)2/h10-13H,4-9,15H2,1-3H3. The molecular formula is C14H27N3O. The maximum Gasteiger partial charge on any atom is 0.227 e. The summed E-state index contributed by atoms with van der Waals surface area (Å²) in [6, 6.07) is 0.380. The van der Waals surface area contributed by atoms with Crippen LogP contribution in [0.25, 0.3) is 0 Å². The normalized spacial score (nSPS) is 38.8. The fourth-order valence-corrected chi connectivity index (χ4v) is 3.54. The average Bonchev–Trinajstić information content (AvgIpc) is 2.28. The van der Waals surface area contributed by atoms with Gasteiger partial charge in [-0.15, -0.1) is 0 Å². The molecule has 2 aliphatic rings. The highest BCUT2D eigenvalue weighted by Crippen LogP contribution is 2.31. The Bertz CT molecular complexity index is 297. The fraction of sp³-hybridized carbons (Fsp3) is 0.929. The van der Waals surface area contributed by atoms with E-state index in [0.29, 0.717) is 17.9 Å². The largest absolute Gasteiger partial charge is 0.337 e. The van der Waals surface area contributed by atoms with E-state index in [9.17, 15) is 4.79 Å². The average molecular weight is 253 g/mol. The molecule has 0 aromatic rings. The summed E-state index contributed by atoms with van der Waals surface area (Å²) in [4.78, 5) is 17.1. The van der Waals surface area contributed by atoms with E-state index in [1.165, 1.54) is 6.42 Å². The number of carbonyl (C=O) groups is 1. The third-order valence-electron chi connectivity index (χ3n) is 4.67. The Morgan fingerprint density at radius 2 is 1.94 bits per heavy atom. The topological polar surface area (TPSA) is 49.6 Å². The van der Waals surface area contributed by atoms with Gasteiger partial charge in [0.25, 0.3) is 0 Å². The van der Waals surface area contributed by atoms with Crippen LogP contribution in [0.3, 0.4) is 0 Å². The molecule has 104 valence electrons. The number of piperazine rings is 1. The second-order valence-electron chi connectivity index (χ2n) is 6.24. The molecule has 2 fully saturated rings. The molecule has 0 bridgehead atoms. The first-order valence-corrected chi connectivity index (χ1v) is 7.25.